The van der Waals surface area contributed by atoms with E-state index < -0.39 is 54.7 Å². The number of benzene rings is 7. The molecule has 4 heterocycles. The number of allylic oxidation sites excluding steroid dienone is 1. The first-order valence-electron chi connectivity index (χ1n) is 26.0. The molecule has 0 aliphatic carbocycles. The number of aromatic amines is 1. The van der Waals surface area contributed by atoms with Crippen LogP contribution in [0.25, 0.3) is 60.2 Å². The molecule has 82 heavy (non-hydrogen) atoms. The molecule has 410 valence electrons. The van der Waals surface area contributed by atoms with Gasteiger partial charge in [-0.25, -0.2) is 27.5 Å². The summed E-state index contributed by atoms with van der Waals surface area (Å²) in [6.45, 7) is 8.68. The van der Waals surface area contributed by atoms with Gasteiger partial charge in [0.25, 0.3) is 11.1 Å². The monoisotopic (exact) mass is 1110 g/mol. The van der Waals surface area contributed by atoms with E-state index in [9.17, 15) is 37.1 Å². The van der Waals surface area contributed by atoms with Gasteiger partial charge in [-0.05, 0) is 139 Å². The Hall–Kier alpha value is -9.71. The van der Waals surface area contributed by atoms with Crippen LogP contribution in [0.15, 0.2) is 170 Å². The number of esters is 3. The molecule has 0 unspecified atom stereocenters. The summed E-state index contributed by atoms with van der Waals surface area (Å²) in [5.41, 5.74) is 3.62. The number of carbonyl (C=O) groups excluding carboxylic acids is 3. The zero-order valence-electron chi connectivity index (χ0n) is 44.9. The summed E-state index contributed by atoms with van der Waals surface area (Å²) in [6.07, 6.45) is -4.50. The zero-order chi connectivity index (χ0) is 58.1. The van der Waals surface area contributed by atoms with Crippen LogP contribution in [0.4, 0.5) is 21.8 Å². The number of halogens is 5. The van der Waals surface area contributed by atoms with Gasteiger partial charge < -0.3 is 23.6 Å². The lowest BCUT2D eigenvalue weighted by atomic mass is 9.87. The van der Waals surface area contributed by atoms with Gasteiger partial charge in [-0.1, -0.05) is 84.9 Å². The van der Waals surface area contributed by atoms with Crippen molar-refractivity contribution >= 4 is 80.1 Å². The Morgan fingerprint density at radius 2 is 1.20 bits per heavy atom. The number of aryl methyl sites for hydroxylation is 3. The van der Waals surface area contributed by atoms with Crippen LogP contribution in [0, 0.1) is 27.7 Å². The number of nitrogens with one attached hydrogen (secondary N) is 1. The molecule has 1 aliphatic heterocycles. The second-order valence-electron chi connectivity index (χ2n) is 20.2. The molecular formula is C64H48BF5N3O9+. The van der Waals surface area contributed by atoms with Gasteiger partial charge in [0.2, 0.25) is 0 Å². The number of alkyl halides is 3. The van der Waals surface area contributed by atoms with Gasteiger partial charge >= 0.3 is 31.5 Å². The van der Waals surface area contributed by atoms with Crippen molar-refractivity contribution in [3.05, 3.63) is 233 Å². The maximum absolute atomic E-state index is 15.7. The Bertz CT molecular complexity index is 4460. The van der Waals surface area contributed by atoms with Gasteiger partial charge in [0.1, 0.15) is 42.2 Å². The second-order valence-corrected chi connectivity index (χ2v) is 20.2. The maximum Gasteiger partial charge on any atom is 0.934 e. The number of H-pyrrole nitrogens is 1. The summed E-state index contributed by atoms with van der Waals surface area (Å²) in [5, 5.41) is 2.20. The minimum atomic E-state index is -4.50. The Morgan fingerprint density at radius 1 is 0.634 bits per heavy atom. The molecule has 12 nitrogen and oxygen atoms in total. The molecule has 0 saturated heterocycles. The van der Waals surface area contributed by atoms with Crippen molar-refractivity contribution in [2.75, 3.05) is 0 Å². The number of nitrogens with zero attached hydrogens (tertiary/aromatic N) is 2. The lowest BCUT2D eigenvalue weighted by Gasteiger charge is -2.18. The predicted octanol–water partition coefficient (Wildman–Crippen LogP) is 13.3. The molecule has 0 fully saturated rings. The zero-order valence-corrected chi connectivity index (χ0v) is 44.9. The Balaban J connectivity index is 0.957. The molecule has 0 radical (unpaired) electrons. The predicted molar refractivity (Wildman–Crippen MR) is 302 cm³/mol. The quantitative estimate of drug-likeness (QED) is 0.0297. The van der Waals surface area contributed by atoms with E-state index in [0.29, 0.717) is 77.3 Å². The lowest BCUT2D eigenvalue weighted by Crippen LogP contribution is -2.37. The number of rotatable bonds is 13. The largest absolute Gasteiger partial charge is 0.934 e. The maximum atomic E-state index is 15.7. The minimum absolute atomic E-state index is 0.00250. The summed E-state index contributed by atoms with van der Waals surface area (Å²) in [4.78, 5) is 73.9. The molecule has 0 bridgehead atoms. The number of aromatic nitrogens is 2. The molecule has 1 aliphatic rings. The number of carbonyl (C=O) groups is 3. The van der Waals surface area contributed by atoms with Crippen molar-refractivity contribution in [3.63, 3.8) is 0 Å². The first-order chi connectivity index (χ1) is 39.2. The summed E-state index contributed by atoms with van der Waals surface area (Å²) in [7, 11) is -3.17. The van der Waals surface area contributed by atoms with E-state index in [1.165, 1.54) is 37.3 Å². The van der Waals surface area contributed by atoms with Crippen molar-refractivity contribution in [2.45, 2.75) is 67.5 Å². The third-order valence-corrected chi connectivity index (χ3v) is 15.0. The topological polar surface area (TPSA) is 150 Å². The molecule has 18 heteroatoms. The highest BCUT2D eigenvalue weighted by Crippen LogP contribution is 2.43. The van der Waals surface area contributed by atoms with Gasteiger partial charge in [0, 0.05) is 45.1 Å². The molecule has 0 atom stereocenters. The Labute approximate surface area is 464 Å². The summed E-state index contributed by atoms with van der Waals surface area (Å²) < 4.78 is 96.7. The van der Waals surface area contributed by atoms with Gasteiger partial charge in [-0.2, -0.15) is 13.2 Å². The fraction of sp³-hybridized carbons (Fsp3) is 0.156. The first kappa shape index (κ1) is 54.3. The molecule has 10 aromatic rings. The second kappa shape index (κ2) is 21.1. The van der Waals surface area contributed by atoms with Crippen LogP contribution in [0.2, 0.25) is 0 Å². The molecule has 11 rings (SSSR count). The minimum Gasteiger partial charge on any atom is -0.457 e. The van der Waals surface area contributed by atoms with Crippen molar-refractivity contribution in [1.29, 1.82) is 0 Å². The number of ether oxygens (including phenoxy) is 3. The molecule has 3 aromatic heterocycles. The van der Waals surface area contributed by atoms with Crippen molar-refractivity contribution in [2.24, 2.45) is 0 Å². The van der Waals surface area contributed by atoms with Crippen molar-refractivity contribution in [3.8, 4) is 16.9 Å². The van der Waals surface area contributed by atoms with Crippen LogP contribution < -0.4 is 15.9 Å². The first-order valence-corrected chi connectivity index (χ1v) is 26.0. The van der Waals surface area contributed by atoms with Crippen LogP contribution >= 0.6 is 0 Å². The van der Waals surface area contributed by atoms with Gasteiger partial charge in [0.15, 0.2) is 11.4 Å². The van der Waals surface area contributed by atoms with E-state index in [1.807, 2.05) is 36.4 Å². The number of hydrogen-bond acceptors (Lipinski definition) is 9. The van der Waals surface area contributed by atoms with E-state index in [1.54, 1.807) is 95.3 Å². The third kappa shape index (κ3) is 9.62. The SMILES string of the molecule is CC1=C(C(=O)OCc2ccccc2)C(C)=[N+](B(F)F)/C1=C(\c1[nH]c(C)c(C(=O)OCc2ccccc2)c1C)c1c(C)cc(OC(=O)Cn2c(=O)c3ccc4oc5ccc(-c6ccc(C(F)(F)F)cc6)cc5c5ccc(c2=O)c3c45)cc1C. The molecule has 1 N–H and O–H groups in total. The molecule has 0 saturated carbocycles. The summed E-state index contributed by atoms with van der Waals surface area (Å²) >= 11 is 0. The standard InChI is InChI=1S/C64H47BF5N3O9/c1-33-27-44(81-51(74)30-72-60(75)46-23-22-45-48-29-42(41-17-20-43(21-18-41)64(66,67)68)19-25-49(48)82-50-26-24-47(61(72)76)55(46)56(45)50)28-34(2)52(33)57(58-35(3)53(37(5)71-58)62(77)79-31-39-13-9-7-10-14-39)59-36(4)54(38(6)73(59)65(69)70)63(78)80-32-40-15-11-8-12-16-40/h7-29H,30-32H2,1-6H3/p+1. The van der Waals surface area contributed by atoms with E-state index in [4.69, 9.17) is 18.6 Å². The lowest BCUT2D eigenvalue weighted by molar-refractivity contribution is -0.343. The highest BCUT2D eigenvalue weighted by atomic mass is 19.4. The van der Waals surface area contributed by atoms with Crippen LogP contribution in [0.3, 0.4) is 0 Å². The average molecular weight is 1110 g/mol. The third-order valence-electron chi connectivity index (χ3n) is 15.0. The van der Waals surface area contributed by atoms with E-state index in [0.717, 1.165) is 26.7 Å². The summed E-state index contributed by atoms with van der Waals surface area (Å²) in [6, 6.07) is 37.3. The molecule has 0 amide bonds. The Kier molecular flexibility index (Phi) is 13.9. The number of pyridine rings is 1. The van der Waals surface area contributed by atoms with Gasteiger partial charge in [0.05, 0.1) is 22.4 Å². The average Bonchev–Trinajstić information content (AvgIpc) is 2.18. The van der Waals surface area contributed by atoms with Crippen molar-refractivity contribution in [1.82, 2.24) is 9.55 Å². The molecule has 0 spiro atoms. The highest BCUT2D eigenvalue weighted by Gasteiger charge is 2.50. The fourth-order valence-electron chi connectivity index (χ4n) is 11.3. The number of hydrogen-bond donors (Lipinski definition) is 1. The van der Waals surface area contributed by atoms with E-state index in [-0.39, 0.29) is 69.1 Å². The number of fused-ring (bicyclic) bond motifs is 2. The fourth-order valence-corrected chi connectivity index (χ4v) is 11.3. The van der Waals surface area contributed by atoms with Gasteiger partial charge in [-0.15, -0.1) is 0 Å². The van der Waals surface area contributed by atoms with E-state index >= 15 is 8.63 Å². The molecular weight excluding hydrogens is 1060 g/mol. The molecule has 7 aromatic carbocycles. The Morgan fingerprint density at radius 3 is 1.79 bits per heavy atom. The summed E-state index contributed by atoms with van der Waals surface area (Å²) in [5.74, 6) is -2.48. The van der Waals surface area contributed by atoms with Crippen LogP contribution in [0.5, 0.6) is 5.75 Å². The highest BCUT2D eigenvalue weighted by molar-refractivity contribution is 6.37. The van der Waals surface area contributed by atoms with Crippen LogP contribution in [-0.4, -0.2) is 45.1 Å². The van der Waals surface area contributed by atoms with Crippen LogP contribution in [0.1, 0.15) is 74.5 Å². The smallest absolute Gasteiger partial charge is 0.457 e. The van der Waals surface area contributed by atoms with E-state index in [2.05, 4.69) is 4.98 Å². The normalized spacial score (nSPS) is 13.5. The van der Waals surface area contributed by atoms with Crippen LogP contribution in [-0.2, 0) is 45.0 Å². The van der Waals surface area contributed by atoms with Crippen molar-refractivity contribution < 1.29 is 59.3 Å². The van der Waals surface area contributed by atoms with Gasteiger partial charge in [-0.3, -0.25) is 14.2 Å².